The molecular formula is C17H22N4. The molecule has 0 aliphatic carbocycles. The second-order valence-electron chi connectivity index (χ2n) is 5.68. The van der Waals surface area contributed by atoms with E-state index in [2.05, 4.69) is 60.2 Å². The topological polar surface area (TPSA) is 41.1 Å². The summed E-state index contributed by atoms with van der Waals surface area (Å²) in [5, 5.41) is 3.28. The maximum atomic E-state index is 4.74. The van der Waals surface area contributed by atoms with Gasteiger partial charge in [0, 0.05) is 30.0 Å². The molecule has 21 heavy (non-hydrogen) atoms. The summed E-state index contributed by atoms with van der Waals surface area (Å²) < 4.78 is 0. The summed E-state index contributed by atoms with van der Waals surface area (Å²) in [6, 6.07) is 9.01. The highest BCUT2D eigenvalue weighted by atomic mass is 15.3. The number of anilines is 3. The monoisotopic (exact) mass is 282 g/mol. The first-order chi connectivity index (χ1) is 10.2. The first-order valence-corrected chi connectivity index (χ1v) is 7.65. The van der Waals surface area contributed by atoms with Crippen LogP contribution in [0.5, 0.6) is 0 Å². The van der Waals surface area contributed by atoms with Gasteiger partial charge in [0.15, 0.2) is 0 Å². The van der Waals surface area contributed by atoms with E-state index in [1.807, 2.05) is 6.20 Å². The third-order valence-electron chi connectivity index (χ3n) is 3.91. The SMILES string of the molecule is CCCNc1ncc(C)c(N2c3ccccc3CC2C)n1. The van der Waals surface area contributed by atoms with Gasteiger partial charge in [-0.2, -0.15) is 4.98 Å². The highest BCUT2D eigenvalue weighted by Gasteiger charge is 2.28. The van der Waals surface area contributed by atoms with Crippen LogP contribution in [0.2, 0.25) is 0 Å². The van der Waals surface area contributed by atoms with Gasteiger partial charge in [-0.25, -0.2) is 4.98 Å². The lowest BCUT2D eigenvalue weighted by molar-refractivity contribution is 0.746. The molecule has 1 atom stereocenters. The lowest BCUT2D eigenvalue weighted by Crippen LogP contribution is -2.26. The summed E-state index contributed by atoms with van der Waals surface area (Å²) in [6.45, 7) is 7.36. The van der Waals surface area contributed by atoms with Gasteiger partial charge in [0.25, 0.3) is 0 Å². The Labute approximate surface area is 126 Å². The number of nitrogens with one attached hydrogen (secondary N) is 1. The van der Waals surface area contributed by atoms with Crippen molar-refractivity contribution in [1.82, 2.24) is 9.97 Å². The number of nitrogens with zero attached hydrogens (tertiary/aromatic N) is 3. The summed E-state index contributed by atoms with van der Waals surface area (Å²) in [7, 11) is 0. The van der Waals surface area contributed by atoms with Crippen LogP contribution in [0.25, 0.3) is 0 Å². The van der Waals surface area contributed by atoms with Gasteiger partial charge in [-0.3, -0.25) is 0 Å². The molecule has 4 nitrogen and oxygen atoms in total. The van der Waals surface area contributed by atoms with Gasteiger partial charge >= 0.3 is 0 Å². The van der Waals surface area contributed by atoms with E-state index in [0.717, 1.165) is 30.8 Å². The smallest absolute Gasteiger partial charge is 0.224 e. The molecule has 0 bridgehead atoms. The highest BCUT2D eigenvalue weighted by molar-refractivity contribution is 5.70. The summed E-state index contributed by atoms with van der Waals surface area (Å²) in [6.07, 6.45) is 4.04. The molecule has 1 aliphatic heterocycles. The molecule has 0 amide bonds. The maximum absolute atomic E-state index is 4.74. The number of rotatable bonds is 4. The van der Waals surface area contributed by atoms with Crippen LogP contribution in [-0.2, 0) is 6.42 Å². The zero-order valence-electron chi connectivity index (χ0n) is 12.9. The summed E-state index contributed by atoms with van der Waals surface area (Å²) in [5.41, 5.74) is 3.78. The molecule has 0 fully saturated rings. The molecule has 0 saturated carbocycles. The molecule has 1 aromatic heterocycles. The standard InChI is InChI=1S/C17H22N4/c1-4-9-18-17-19-11-12(2)16(20-17)21-13(3)10-14-7-5-6-8-15(14)21/h5-8,11,13H,4,9-10H2,1-3H3,(H,18,19,20). The van der Waals surface area contributed by atoms with Gasteiger partial charge in [-0.1, -0.05) is 25.1 Å². The van der Waals surface area contributed by atoms with Crippen LogP contribution in [0.3, 0.4) is 0 Å². The Morgan fingerprint density at radius 3 is 2.95 bits per heavy atom. The largest absolute Gasteiger partial charge is 0.354 e. The molecule has 2 heterocycles. The summed E-state index contributed by atoms with van der Waals surface area (Å²) >= 11 is 0. The van der Waals surface area contributed by atoms with Crippen LogP contribution in [0.15, 0.2) is 30.5 Å². The first kappa shape index (κ1) is 13.9. The Morgan fingerprint density at radius 1 is 1.33 bits per heavy atom. The van der Waals surface area contributed by atoms with E-state index in [0.29, 0.717) is 12.0 Å². The van der Waals surface area contributed by atoms with Gasteiger partial charge in [-0.05, 0) is 38.3 Å². The lowest BCUT2D eigenvalue weighted by atomic mass is 10.1. The van der Waals surface area contributed by atoms with Gasteiger partial charge < -0.3 is 10.2 Å². The number of benzene rings is 1. The number of aromatic nitrogens is 2. The summed E-state index contributed by atoms with van der Waals surface area (Å²) in [5.74, 6) is 1.73. The number of para-hydroxylation sites is 1. The lowest BCUT2D eigenvalue weighted by Gasteiger charge is -2.25. The van der Waals surface area contributed by atoms with E-state index >= 15 is 0 Å². The minimum atomic E-state index is 0.426. The molecular weight excluding hydrogens is 260 g/mol. The second kappa shape index (κ2) is 5.72. The van der Waals surface area contributed by atoms with Crippen LogP contribution < -0.4 is 10.2 Å². The van der Waals surface area contributed by atoms with Crippen molar-refractivity contribution in [3.8, 4) is 0 Å². The fourth-order valence-corrected chi connectivity index (χ4v) is 2.89. The highest BCUT2D eigenvalue weighted by Crippen LogP contribution is 2.38. The van der Waals surface area contributed by atoms with Crippen molar-refractivity contribution in [2.75, 3.05) is 16.8 Å². The fourth-order valence-electron chi connectivity index (χ4n) is 2.89. The Kier molecular flexibility index (Phi) is 3.78. The van der Waals surface area contributed by atoms with Gasteiger partial charge in [0.05, 0.1) is 0 Å². The number of hydrogen-bond donors (Lipinski definition) is 1. The molecule has 1 aliphatic rings. The molecule has 110 valence electrons. The Hall–Kier alpha value is -2.10. The Bertz CT molecular complexity index is 638. The van der Waals surface area contributed by atoms with E-state index in [1.165, 1.54) is 11.3 Å². The minimum absolute atomic E-state index is 0.426. The molecule has 4 heteroatoms. The molecule has 2 aromatic rings. The quantitative estimate of drug-likeness (QED) is 0.928. The van der Waals surface area contributed by atoms with Crippen molar-refractivity contribution in [3.63, 3.8) is 0 Å². The van der Waals surface area contributed by atoms with Crippen LogP contribution >= 0.6 is 0 Å². The van der Waals surface area contributed by atoms with E-state index in [1.54, 1.807) is 0 Å². The molecule has 1 aromatic carbocycles. The predicted octanol–water partition coefficient (Wildman–Crippen LogP) is 3.69. The van der Waals surface area contributed by atoms with Crippen LogP contribution in [0, 0.1) is 6.92 Å². The predicted molar refractivity (Wildman–Crippen MR) is 87.3 cm³/mol. The van der Waals surface area contributed by atoms with Gasteiger partial charge in [0.2, 0.25) is 5.95 Å². The van der Waals surface area contributed by atoms with Crippen molar-refractivity contribution in [2.24, 2.45) is 0 Å². The molecule has 1 unspecified atom stereocenters. The molecule has 1 N–H and O–H groups in total. The van der Waals surface area contributed by atoms with Crippen LogP contribution in [0.1, 0.15) is 31.4 Å². The van der Waals surface area contributed by atoms with E-state index in [-0.39, 0.29) is 0 Å². The average molecular weight is 282 g/mol. The maximum Gasteiger partial charge on any atom is 0.224 e. The molecule has 3 rings (SSSR count). The van der Waals surface area contributed by atoms with E-state index in [9.17, 15) is 0 Å². The fraction of sp³-hybridized carbons (Fsp3) is 0.412. The Balaban J connectivity index is 1.99. The zero-order valence-corrected chi connectivity index (χ0v) is 12.9. The number of hydrogen-bond acceptors (Lipinski definition) is 4. The second-order valence-corrected chi connectivity index (χ2v) is 5.68. The third kappa shape index (κ3) is 2.58. The zero-order chi connectivity index (χ0) is 14.8. The molecule has 0 radical (unpaired) electrons. The Morgan fingerprint density at radius 2 is 2.14 bits per heavy atom. The van der Waals surface area contributed by atoms with Crippen molar-refractivity contribution in [2.45, 2.75) is 39.7 Å². The van der Waals surface area contributed by atoms with Crippen LogP contribution in [-0.4, -0.2) is 22.6 Å². The molecule has 0 saturated heterocycles. The van der Waals surface area contributed by atoms with Crippen molar-refractivity contribution in [3.05, 3.63) is 41.6 Å². The van der Waals surface area contributed by atoms with Crippen molar-refractivity contribution < 1.29 is 0 Å². The van der Waals surface area contributed by atoms with E-state index < -0.39 is 0 Å². The third-order valence-corrected chi connectivity index (χ3v) is 3.91. The van der Waals surface area contributed by atoms with Gasteiger partial charge in [-0.15, -0.1) is 0 Å². The summed E-state index contributed by atoms with van der Waals surface area (Å²) in [4.78, 5) is 11.5. The van der Waals surface area contributed by atoms with Crippen molar-refractivity contribution >= 4 is 17.5 Å². The van der Waals surface area contributed by atoms with Crippen LogP contribution in [0.4, 0.5) is 17.5 Å². The van der Waals surface area contributed by atoms with Crippen molar-refractivity contribution in [1.29, 1.82) is 0 Å². The average Bonchev–Trinajstić information content (AvgIpc) is 2.82. The normalized spacial score (nSPS) is 16.9. The molecule has 0 spiro atoms. The minimum Gasteiger partial charge on any atom is -0.354 e. The number of aryl methyl sites for hydroxylation is 1. The van der Waals surface area contributed by atoms with Gasteiger partial charge in [0.1, 0.15) is 5.82 Å². The first-order valence-electron chi connectivity index (χ1n) is 7.65. The number of fused-ring (bicyclic) bond motifs is 1. The van der Waals surface area contributed by atoms with E-state index in [4.69, 9.17) is 4.98 Å².